The highest BCUT2D eigenvalue weighted by atomic mass is 16.4. The number of hydrogen-bond donors (Lipinski definition) is 2. The number of nitrogens with zero attached hydrogens (tertiary/aromatic N) is 1. The number of aliphatic imine (C=N–C) groups is 1. The van der Waals surface area contributed by atoms with Gasteiger partial charge in [-0.25, -0.2) is 4.99 Å². The predicted octanol–water partition coefficient (Wildman–Crippen LogP) is 0.0386. The first kappa shape index (κ1) is 16.5. The molecule has 1 unspecified atom stereocenters. The van der Waals surface area contributed by atoms with E-state index in [-0.39, 0.29) is 10.8 Å². The number of allylic oxidation sites excluding steroid dienone is 3. The SMILES string of the molecule is CN=C(N)[NH+]1CCC[C@@]2(C1)[C@@H]1CC[C@H]3CC=C[C@H]4CC(C(=O)[O-])=C(C1)[C@@]342. The maximum atomic E-state index is 12.0. The van der Waals surface area contributed by atoms with Gasteiger partial charge in [0.15, 0.2) is 0 Å². The van der Waals surface area contributed by atoms with Crippen molar-refractivity contribution in [1.82, 2.24) is 0 Å². The second-order valence-electron chi connectivity index (χ2n) is 9.16. The Morgan fingerprint density at radius 3 is 2.92 bits per heavy atom. The number of piperidine rings is 1. The van der Waals surface area contributed by atoms with Crippen molar-refractivity contribution in [3.05, 3.63) is 23.3 Å². The van der Waals surface area contributed by atoms with Gasteiger partial charge in [0.05, 0.1) is 19.1 Å². The first-order valence-corrected chi connectivity index (χ1v) is 10.2. The summed E-state index contributed by atoms with van der Waals surface area (Å²) < 4.78 is 0. The number of guanidine groups is 1. The fourth-order valence-electron chi connectivity index (χ4n) is 8.07. The Balaban J connectivity index is 1.70. The smallest absolute Gasteiger partial charge is 0.293 e. The topological polar surface area (TPSA) is 82.9 Å². The zero-order valence-corrected chi connectivity index (χ0v) is 15.6. The second-order valence-corrected chi connectivity index (χ2v) is 9.16. The molecule has 5 nitrogen and oxygen atoms in total. The van der Waals surface area contributed by atoms with Crippen LogP contribution in [0.25, 0.3) is 0 Å². The lowest BCUT2D eigenvalue weighted by molar-refractivity contribution is -0.826. The zero-order valence-electron chi connectivity index (χ0n) is 15.6. The largest absolute Gasteiger partial charge is 0.545 e. The number of nitrogens with two attached hydrogens (primary N) is 1. The molecular weight excluding hydrogens is 326 g/mol. The second kappa shape index (κ2) is 5.44. The average Bonchev–Trinajstić information content (AvgIpc) is 3.02. The van der Waals surface area contributed by atoms with Crippen LogP contribution in [0.2, 0.25) is 0 Å². The number of carboxylic acids is 1. The molecule has 5 aliphatic rings. The molecule has 2 spiro atoms. The first-order valence-electron chi connectivity index (χ1n) is 10.2. The Bertz CT molecular complexity index is 754. The quantitative estimate of drug-likeness (QED) is 0.396. The van der Waals surface area contributed by atoms with Gasteiger partial charge in [0.1, 0.15) is 0 Å². The molecule has 6 atom stereocenters. The summed E-state index contributed by atoms with van der Waals surface area (Å²) in [5.74, 6) is 1.32. The van der Waals surface area contributed by atoms with Gasteiger partial charge in [0, 0.05) is 17.9 Å². The predicted molar refractivity (Wildman–Crippen MR) is 97.1 cm³/mol. The summed E-state index contributed by atoms with van der Waals surface area (Å²) in [5.41, 5.74) is 8.39. The lowest BCUT2D eigenvalue weighted by Gasteiger charge is -2.60. The van der Waals surface area contributed by atoms with Gasteiger partial charge in [-0.1, -0.05) is 17.7 Å². The third-order valence-corrected chi connectivity index (χ3v) is 8.70. The number of carbonyl (C=O) groups excluding carboxylic acids is 1. The number of likely N-dealkylation sites (tertiary alicyclic amines) is 1. The van der Waals surface area contributed by atoms with Gasteiger partial charge in [0.2, 0.25) is 0 Å². The maximum Gasteiger partial charge on any atom is 0.293 e. The highest BCUT2D eigenvalue weighted by Crippen LogP contribution is 2.77. The maximum absolute atomic E-state index is 12.0. The molecule has 140 valence electrons. The third-order valence-electron chi connectivity index (χ3n) is 8.70. The molecule has 1 saturated heterocycles. The minimum absolute atomic E-state index is 0.0414. The molecular formula is C21H29N3O2. The molecule has 4 aliphatic carbocycles. The third kappa shape index (κ3) is 1.75. The molecule has 1 heterocycles. The molecule has 0 aromatic rings. The van der Waals surface area contributed by atoms with Crippen LogP contribution in [-0.2, 0) is 4.79 Å². The van der Waals surface area contributed by atoms with E-state index in [1.54, 1.807) is 7.05 Å². The van der Waals surface area contributed by atoms with Gasteiger partial charge in [0.25, 0.3) is 5.96 Å². The number of carbonyl (C=O) groups is 1. The molecule has 0 amide bonds. The Morgan fingerprint density at radius 1 is 1.35 bits per heavy atom. The van der Waals surface area contributed by atoms with Gasteiger partial charge in [-0.2, -0.15) is 0 Å². The summed E-state index contributed by atoms with van der Waals surface area (Å²) >= 11 is 0. The van der Waals surface area contributed by atoms with Crippen molar-refractivity contribution in [2.45, 2.75) is 44.9 Å². The molecule has 0 aromatic carbocycles. The van der Waals surface area contributed by atoms with Crippen LogP contribution in [0, 0.1) is 28.6 Å². The van der Waals surface area contributed by atoms with Crippen LogP contribution in [0.1, 0.15) is 44.9 Å². The Labute approximate surface area is 155 Å². The van der Waals surface area contributed by atoms with E-state index in [0.29, 0.717) is 29.7 Å². The molecule has 5 rings (SSSR count). The van der Waals surface area contributed by atoms with E-state index < -0.39 is 5.97 Å². The monoisotopic (exact) mass is 355 g/mol. The molecule has 3 N–H and O–H groups in total. The van der Waals surface area contributed by atoms with Crippen LogP contribution in [-0.4, -0.2) is 32.1 Å². The lowest BCUT2D eigenvalue weighted by Crippen LogP contribution is -3.18. The number of quaternary nitrogens is 1. The van der Waals surface area contributed by atoms with Crippen LogP contribution in [0.3, 0.4) is 0 Å². The zero-order chi connectivity index (χ0) is 18.1. The minimum Gasteiger partial charge on any atom is -0.545 e. The average molecular weight is 355 g/mol. The number of aliphatic carboxylic acids is 1. The fraction of sp³-hybridized carbons (Fsp3) is 0.714. The van der Waals surface area contributed by atoms with Crippen LogP contribution in [0.4, 0.5) is 0 Å². The molecule has 26 heavy (non-hydrogen) atoms. The van der Waals surface area contributed by atoms with E-state index in [2.05, 4.69) is 17.1 Å². The highest BCUT2D eigenvalue weighted by Gasteiger charge is 2.73. The van der Waals surface area contributed by atoms with Crippen LogP contribution >= 0.6 is 0 Å². The summed E-state index contributed by atoms with van der Waals surface area (Å²) in [4.78, 5) is 17.6. The van der Waals surface area contributed by atoms with Crippen molar-refractivity contribution in [2.24, 2.45) is 39.3 Å². The normalized spacial score (nSPS) is 46.7. The van der Waals surface area contributed by atoms with Gasteiger partial charge in [-0.05, 0) is 68.3 Å². The summed E-state index contributed by atoms with van der Waals surface area (Å²) in [6.07, 6.45) is 12.2. The molecule has 2 bridgehead atoms. The standard InChI is InChI=1S/C21H29N3O2/c1-23-19(22)24-9-3-8-20(12-24)14-7-6-13-4-2-5-15-10-16(18(25)26)17(11-14)21(13,15)20/h2,5,13-15H,3-4,6-12H2,1H3,(H2,22,23)(H,25,26)/t13-,14-,15+,20-,21-/m1/s1. The van der Waals surface area contributed by atoms with Gasteiger partial charge in [-0.15, -0.1) is 0 Å². The van der Waals surface area contributed by atoms with E-state index in [9.17, 15) is 9.90 Å². The van der Waals surface area contributed by atoms with Crippen molar-refractivity contribution < 1.29 is 14.8 Å². The van der Waals surface area contributed by atoms with Crippen molar-refractivity contribution in [3.63, 3.8) is 0 Å². The summed E-state index contributed by atoms with van der Waals surface area (Å²) in [7, 11) is 1.78. The molecule has 1 aliphatic heterocycles. The van der Waals surface area contributed by atoms with Crippen LogP contribution in [0.5, 0.6) is 0 Å². The number of rotatable bonds is 1. The number of nitrogens with one attached hydrogen (secondary N) is 1. The molecule has 3 fully saturated rings. The van der Waals surface area contributed by atoms with Crippen molar-refractivity contribution >= 4 is 11.9 Å². The van der Waals surface area contributed by atoms with E-state index in [4.69, 9.17) is 5.73 Å². The van der Waals surface area contributed by atoms with Crippen LogP contribution in [0.15, 0.2) is 28.3 Å². The van der Waals surface area contributed by atoms with E-state index in [1.807, 2.05) is 0 Å². The Hall–Kier alpha value is -1.62. The summed E-state index contributed by atoms with van der Waals surface area (Å²) in [6, 6.07) is 0. The summed E-state index contributed by atoms with van der Waals surface area (Å²) in [6.45, 7) is 2.07. The fourth-order valence-corrected chi connectivity index (χ4v) is 8.07. The Morgan fingerprint density at radius 2 is 2.15 bits per heavy atom. The van der Waals surface area contributed by atoms with Gasteiger partial charge >= 0.3 is 0 Å². The van der Waals surface area contributed by atoms with Crippen molar-refractivity contribution in [2.75, 3.05) is 20.1 Å². The van der Waals surface area contributed by atoms with Gasteiger partial charge in [-0.3, -0.25) is 4.90 Å². The number of carboxylic acid groups (broad SMARTS) is 1. The Kier molecular flexibility index (Phi) is 3.46. The van der Waals surface area contributed by atoms with E-state index in [0.717, 1.165) is 38.3 Å². The highest BCUT2D eigenvalue weighted by molar-refractivity contribution is 5.87. The molecule has 5 heteroatoms. The number of hydrogen-bond acceptors (Lipinski definition) is 3. The minimum atomic E-state index is -0.923. The van der Waals surface area contributed by atoms with Crippen molar-refractivity contribution in [1.29, 1.82) is 0 Å². The molecule has 0 radical (unpaired) electrons. The van der Waals surface area contributed by atoms with Crippen molar-refractivity contribution in [3.8, 4) is 0 Å². The molecule has 0 aromatic heterocycles. The van der Waals surface area contributed by atoms with E-state index >= 15 is 0 Å². The molecule has 2 saturated carbocycles. The first-order chi connectivity index (χ1) is 12.5. The summed E-state index contributed by atoms with van der Waals surface area (Å²) in [5, 5.41) is 12.0. The lowest BCUT2D eigenvalue weighted by atomic mass is 9.44. The van der Waals surface area contributed by atoms with E-state index in [1.165, 1.54) is 29.7 Å². The van der Waals surface area contributed by atoms with Gasteiger partial charge < -0.3 is 15.6 Å². The van der Waals surface area contributed by atoms with Crippen LogP contribution < -0.4 is 15.7 Å².